The minimum Gasteiger partial charge on any atom is -0.379 e. The second kappa shape index (κ2) is 46.4. The van der Waals surface area contributed by atoms with Crippen LogP contribution >= 0.6 is 22.6 Å². The van der Waals surface area contributed by atoms with Gasteiger partial charge in [-0.2, -0.15) is 0 Å². The van der Waals surface area contributed by atoms with Crippen LogP contribution in [0.1, 0.15) is 135 Å². The highest BCUT2D eigenvalue weighted by Gasteiger charge is 1.97. The lowest BCUT2D eigenvalue weighted by Crippen LogP contribution is -2.15. The number of hydrogen-bond donors (Lipinski definition) is 0. The molecule has 0 aromatic carbocycles. The molecule has 0 rings (SSSR count). The molecule has 0 atom stereocenters. The third-order valence-corrected chi connectivity index (χ3v) is 8.68. The quantitative estimate of drug-likeness (QED) is 0.0344. The topological polar surface area (TPSA) is 73.8 Å². The van der Waals surface area contributed by atoms with Crippen LogP contribution in [0.5, 0.6) is 0 Å². The predicted octanol–water partition coefficient (Wildman–Crippen LogP) is 9.38. The summed E-state index contributed by atoms with van der Waals surface area (Å²) in [5, 5.41) is 0. The van der Waals surface area contributed by atoms with Crippen LogP contribution in [0.25, 0.3) is 0 Å². The molecule has 0 saturated carbocycles. The number of rotatable bonds is 44. The molecule has 47 heavy (non-hydrogen) atoms. The van der Waals surface area contributed by atoms with Crippen molar-refractivity contribution in [3.05, 3.63) is 0 Å². The van der Waals surface area contributed by atoms with E-state index in [1.165, 1.54) is 120 Å². The van der Waals surface area contributed by atoms with E-state index in [4.69, 9.17) is 37.9 Å². The van der Waals surface area contributed by atoms with Gasteiger partial charge in [-0.1, -0.05) is 139 Å². The largest absolute Gasteiger partial charge is 0.379 e. The Hall–Kier alpha value is 0.410. The van der Waals surface area contributed by atoms with Crippen molar-refractivity contribution in [2.45, 2.75) is 135 Å². The van der Waals surface area contributed by atoms with Crippen LogP contribution in [0.4, 0.5) is 0 Å². The first kappa shape index (κ1) is 47.4. The van der Waals surface area contributed by atoms with E-state index in [-0.39, 0.29) is 0 Å². The average Bonchev–Trinajstić information content (AvgIpc) is 3.08. The molecule has 0 aromatic heterocycles. The van der Waals surface area contributed by atoms with Gasteiger partial charge in [0.25, 0.3) is 0 Å². The van der Waals surface area contributed by atoms with Gasteiger partial charge in [0.05, 0.1) is 92.5 Å². The fraction of sp³-hybridized carbons (Fsp3) is 1.00. The Kier molecular flexibility index (Phi) is 46.8. The Morgan fingerprint density at radius 1 is 0.234 bits per heavy atom. The molecule has 0 fully saturated rings. The van der Waals surface area contributed by atoms with Crippen molar-refractivity contribution in [1.29, 1.82) is 0 Å². The van der Waals surface area contributed by atoms with Crippen LogP contribution in [0.2, 0.25) is 0 Å². The molecular weight excluding hydrogens is 711 g/mol. The summed E-state index contributed by atoms with van der Waals surface area (Å²) < 4.78 is 45.7. The Balaban J connectivity index is 3.03. The van der Waals surface area contributed by atoms with Crippen molar-refractivity contribution in [3.8, 4) is 0 Å². The molecule has 0 aliphatic carbocycles. The fourth-order valence-corrected chi connectivity index (χ4v) is 5.59. The lowest BCUT2D eigenvalue weighted by molar-refractivity contribution is -0.0232. The van der Waals surface area contributed by atoms with E-state index < -0.39 is 0 Å². The summed E-state index contributed by atoms with van der Waals surface area (Å²) in [7, 11) is 0. The summed E-state index contributed by atoms with van der Waals surface area (Å²) in [6.45, 7) is 12.2. The third kappa shape index (κ3) is 46.4. The van der Waals surface area contributed by atoms with E-state index in [0.717, 1.165) is 26.1 Å². The highest BCUT2D eigenvalue weighted by atomic mass is 127. The summed E-state index contributed by atoms with van der Waals surface area (Å²) in [5.41, 5.74) is 0. The Morgan fingerprint density at radius 2 is 0.426 bits per heavy atom. The van der Waals surface area contributed by atoms with Crippen LogP contribution in [-0.2, 0) is 37.9 Å². The van der Waals surface area contributed by atoms with Gasteiger partial charge in [0.2, 0.25) is 0 Å². The average molecular weight is 789 g/mol. The monoisotopic (exact) mass is 788 g/mol. The van der Waals surface area contributed by atoms with Gasteiger partial charge < -0.3 is 37.9 Å². The van der Waals surface area contributed by atoms with Crippen LogP contribution in [0, 0.1) is 0 Å². The van der Waals surface area contributed by atoms with Crippen LogP contribution in [0.3, 0.4) is 0 Å². The first-order chi connectivity index (χ1) is 23.4. The van der Waals surface area contributed by atoms with Crippen molar-refractivity contribution >= 4 is 22.6 Å². The first-order valence-electron chi connectivity index (χ1n) is 19.6. The van der Waals surface area contributed by atoms with Crippen LogP contribution in [0.15, 0.2) is 0 Å². The Bertz CT molecular complexity index is 488. The van der Waals surface area contributed by atoms with Crippen LogP contribution in [-0.4, -0.2) is 110 Å². The zero-order valence-corrected chi connectivity index (χ0v) is 33.0. The van der Waals surface area contributed by atoms with Gasteiger partial charge in [0.1, 0.15) is 0 Å². The van der Waals surface area contributed by atoms with Crippen LogP contribution < -0.4 is 0 Å². The van der Waals surface area contributed by atoms with Gasteiger partial charge in [-0.05, 0) is 23.7 Å². The molecular formula is C38H77IO8. The zero-order valence-electron chi connectivity index (χ0n) is 30.8. The van der Waals surface area contributed by atoms with Crippen molar-refractivity contribution < 1.29 is 37.9 Å². The van der Waals surface area contributed by atoms with E-state index in [1.54, 1.807) is 0 Å². The summed E-state index contributed by atoms with van der Waals surface area (Å²) in [5.74, 6) is 0. The second-order valence-electron chi connectivity index (χ2n) is 12.3. The van der Waals surface area contributed by atoms with E-state index in [0.29, 0.717) is 92.5 Å². The number of unbranched alkanes of at least 4 members (excludes halogenated alkanes) is 18. The lowest BCUT2D eigenvalue weighted by atomic mass is 10.0. The zero-order chi connectivity index (χ0) is 33.8. The third-order valence-electron chi connectivity index (χ3n) is 7.92. The predicted molar refractivity (Wildman–Crippen MR) is 203 cm³/mol. The maximum absolute atomic E-state index is 5.69. The maximum atomic E-state index is 5.69. The molecule has 0 saturated heterocycles. The minimum atomic E-state index is 0.553. The van der Waals surface area contributed by atoms with Crippen molar-refractivity contribution in [2.75, 3.05) is 110 Å². The van der Waals surface area contributed by atoms with Gasteiger partial charge in [-0.15, -0.1) is 0 Å². The summed E-state index contributed by atoms with van der Waals surface area (Å²) in [6, 6.07) is 0. The molecule has 0 aliphatic rings. The molecule has 0 aromatic rings. The van der Waals surface area contributed by atoms with Crippen molar-refractivity contribution in [2.24, 2.45) is 0 Å². The number of hydrogen-bond acceptors (Lipinski definition) is 8. The molecule has 284 valence electrons. The first-order valence-corrected chi connectivity index (χ1v) is 21.1. The molecule has 0 amide bonds. The molecule has 0 spiro atoms. The molecule has 8 nitrogen and oxygen atoms in total. The van der Waals surface area contributed by atoms with E-state index in [9.17, 15) is 0 Å². The highest BCUT2D eigenvalue weighted by molar-refractivity contribution is 14.1. The van der Waals surface area contributed by atoms with Crippen molar-refractivity contribution in [3.63, 3.8) is 0 Å². The Morgan fingerprint density at radius 3 is 0.660 bits per heavy atom. The SMILES string of the molecule is CCCCCCCCCCCCCCCCCCOCCOCCOCCOCCOCCOCCOCCOCCCCCCI. The molecule has 0 aliphatic heterocycles. The second-order valence-corrected chi connectivity index (χ2v) is 13.4. The van der Waals surface area contributed by atoms with E-state index in [1.807, 2.05) is 0 Å². The summed E-state index contributed by atoms with van der Waals surface area (Å²) in [4.78, 5) is 0. The van der Waals surface area contributed by atoms with E-state index in [2.05, 4.69) is 29.5 Å². The van der Waals surface area contributed by atoms with Gasteiger partial charge in [-0.25, -0.2) is 0 Å². The van der Waals surface area contributed by atoms with Gasteiger partial charge in [-0.3, -0.25) is 0 Å². The molecule has 9 heteroatoms. The standard InChI is InChI=1S/C38H77IO8/c1-2-3-4-5-6-7-8-9-10-11-12-13-14-15-17-20-23-40-25-27-42-29-31-44-33-35-46-37-38-47-36-34-45-32-30-43-28-26-41-24-21-18-16-19-22-39/h2-38H2,1H3. The summed E-state index contributed by atoms with van der Waals surface area (Å²) in [6.07, 6.45) is 27.3. The maximum Gasteiger partial charge on any atom is 0.0701 e. The summed E-state index contributed by atoms with van der Waals surface area (Å²) >= 11 is 2.43. The molecule has 0 unspecified atom stereocenters. The normalized spacial score (nSPS) is 11.6. The smallest absolute Gasteiger partial charge is 0.0701 e. The molecule has 0 bridgehead atoms. The van der Waals surface area contributed by atoms with E-state index >= 15 is 0 Å². The fourth-order valence-electron chi connectivity index (χ4n) is 5.05. The number of halogens is 1. The molecule has 0 heterocycles. The number of alkyl halides is 1. The highest BCUT2D eigenvalue weighted by Crippen LogP contribution is 2.13. The number of ether oxygens (including phenoxy) is 8. The Labute approximate surface area is 304 Å². The molecule has 0 N–H and O–H groups in total. The molecule has 0 radical (unpaired) electrons. The van der Waals surface area contributed by atoms with Crippen molar-refractivity contribution in [1.82, 2.24) is 0 Å². The minimum absolute atomic E-state index is 0.553. The van der Waals surface area contributed by atoms with Gasteiger partial charge in [0.15, 0.2) is 0 Å². The lowest BCUT2D eigenvalue weighted by Gasteiger charge is -2.09. The van der Waals surface area contributed by atoms with Gasteiger partial charge in [0, 0.05) is 13.2 Å². The van der Waals surface area contributed by atoms with Gasteiger partial charge >= 0.3 is 0 Å².